The topological polar surface area (TPSA) is 30.5 Å². The molecule has 3 nitrogen and oxygen atoms in total. The van der Waals surface area contributed by atoms with Crippen molar-refractivity contribution in [2.75, 3.05) is 13.3 Å². The molecule has 0 aliphatic carbocycles. The Bertz CT molecular complexity index is 390. The minimum absolute atomic E-state index is 0.352. The molecule has 1 unspecified atom stereocenters. The average Bonchev–Trinajstić information content (AvgIpc) is 2.81. The number of ether oxygens (including phenoxy) is 2. The van der Waals surface area contributed by atoms with E-state index in [-0.39, 0.29) is 0 Å². The molecular formula is C15H23NO2. The molecule has 1 heterocycles. The maximum atomic E-state index is 5.39. The van der Waals surface area contributed by atoms with Gasteiger partial charge in [0.05, 0.1) is 0 Å². The number of hydrogen-bond donors (Lipinski definition) is 1. The summed E-state index contributed by atoms with van der Waals surface area (Å²) in [6.45, 7) is 8.15. The lowest BCUT2D eigenvalue weighted by Crippen LogP contribution is -2.29. The van der Waals surface area contributed by atoms with Gasteiger partial charge >= 0.3 is 0 Å². The summed E-state index contributed by atoms with van der Waals surface area (Å²) in [5, 5.41) is 3.55. The van der Waals surface area contributed by atoms with Crippen LogP contribution < -0.4 is 14.8 Å². The fourth-order valence-electron chi connectivity index (χ4n) is 2.02. The van der Waals surface area contributed by atoms with Crippen molar-refractivity contribution < 1.29 is 9.47 Å². The molecule has 1 atom stereocenters. The third kappa shape index (κ3) is 3.64. The van der Waals surface area contributed by atoms with Crippen LogP contribution in [0, 0.1) is 5.92 Å². The van der Waals surface area contributed by atoms with Crippen molar-refractivity contribution in [1.82, 2.24) is 5.32 Å². The van der Waals surface area contributed by atoms with Gasteiger partial charge in [-0.1, -0.05) is 19.9 Å². The highest BCUT2D eigenvalue weighted by molar-refractivity contribution is 5.44. The normalized spacial score (nSPS) is 15.1. The minimum atomic E-state index is 0.352. The van der Waals surface area contributed by atoms with E-state index in [2.05, 4.69) is 38.2 Å². The van der Waals surface area contributed by atoms with Gasteiger partial charge in [0.25, 0.3) is 0 Å². The van der Waals surface area contributed by atoms with Gasteiger partial charge in [0.2, 0.25) is 6.79 Å². The van der Waals surface area contributed by atoms with E-state index in [4.69, 9.17) is 9.47 Å². The van der Waals surface area contributed by atoms with Crippen molar-refractivity contribution in [3.63, 3.8) is 0 Å². The number of fused-ring (bicyclic) bond motifs is 1. The number of benzene rings is 1. The first-order valence-electron chi connectivity index (χ1n) is 6.77. The van der Waals surface area contributed by atoms with Crippen molar-refractivity contribution in [3.8, 4) is 11.5 Å². The number of aryl methyl sites for hydroxylation is 1. The Labute approximate surface area is 109 Å². The molecule has 1 N–H and O–H groups in total. The second kappa shape index (κ2) is 6.10. The molecule has 1 aliphatic rings. The largest absolute Gasteiger partial charge is 0.454 e. The highest BCUT2D eigenvalue weighted by atomic mass is 16.7. The zero-order valence-electron chi connectivity index (χ0n) is 11.5. The average molecular weight is 249 g/mol. The summed E-state index contributed by atoms with van der Waals surface area (Å²) in [6.07, 6.45) is 2.22. The molecule has 0 spiro atoms. The molecular weight excluding hydrogens is 226 g/mol. The first kappa shape index (κ1) is 13.2. The molecule has 0 bridgehead atoms. The van der Waals surface area contributed by atoms with E-state index in [1.807, 2.05) is 6.07 Å². The summed E-state index contributed by atoms with van der Waals surface area (Å²) >= 11 is 0. The van der Waals surface area contributed by atoms with Crippen molar-refractivity contribution in [2.24, 2.45) is 5.92 Å². The van der Waals surface area contributed by atoms with Crippen molar-refractivity contribution in [3.05, 3.63) is 23.8 Å². The Kier molecular flexibility index (Phi) is 4.48. The van der Waals surface area contributed by atoms with E-state index in [0.717, 1.165) is 30.9 Å². The number of rotatable bonds is 6. The van der Waals surface area contributed by atoms with Crippen LogP contribution in [0.15, 0.2) is 18.2 Å². The molecule has 0 saturated carbocycles. The van der Waals surface area contributed by atoms with Crippen LogP contribution in [0.1, 0.15) is 32.8 Å². The summed E-state index contributed by atoms with van der Waals surface area (Å²) in [7, 11) is 0. The van der Waals surface area contributed by atoms with Crippen LogP contribution in [0.5, 0.6) is 11.5 Å². The molecule has 3 heteroatoms. The van der Waals surface area contributed by atoms with Gasteiger partial charge in [0.15, 0.2) is 11.5 Å². The third-order valence-electron chi connectivity index (χ3n) is 3.18. The molecule has 18 heavy (non-hydrogen) atoms. The number of hydrogen-bond acceptors (Lipinski definition) is 3. The van der Waals surface area contributed by atoms with Gasteiger partial charge in [0, 0.05) is 6.04 Å². The molecule has 0 saturated heterocycles. The van der Waals surface area contributed by atoms with Crippen LogP contribution in [0.4, 0.5) is 0 Å². The van der Waals surface area contributed by atoms with E-state index in [1.54, 1.807) is 0 Å². The second-order valence-corrected chi connectivity index (χ2v) is 5.43. The highest BCUT2D eigenvalue weighted by Gasteiger charge is 2.13. The molecule has 1 aromatic rings. The van der Waals surface area contributed by atoms with Crippen molar-refractivity contribution in [1.29, 1.82) is 0 Å². The van der Waals surface area contributed by atoms with Gasteiger partial charge in [0.1, 0.15) is 0 Å². The third-order valence-corrected chi connectivity index (χ3v) is 3.18. The summed E-state index contributed by atoms with van der Waals surface area (Å²) in [5.41, 5.74) is 1.32. The summed E-state index contributed by atoms with van der Waals surface area (Å²) in [6, 6.07) is 6.78. The van der Waals surface area contributed by atoms with Crippen LogP contribution in [-0.2, 0) is 6.42 Å². The SMILES string of the molecule is CC(C)CNC(C)CCc1ccc2c(c1)OCO2. The Balaban J connectivity index is 1.79. The van der Waals surface area contributed by atoms with Crippen molar-refractivity contribution >= 4 is 0 Å². The predicted octanol–water partition coefficient (Wildman–Crippen LogP) is 2.98. The van der Waals surface area contributed by atoms with Crippen LogP contribution >= 0.6 is 0 Å². The van der Waals surface area contributed by atoms with Crippen LogP contribution in [0.25, 0.3) is 0 Å². The van der Waals surface area contributed by atoms with E-state index in [9.17, 15) is 0 Å². The molecule has 0 radical (unpaired) electrons. The smallest absolute Gasteiger partial charge is 0.231 e. The molecule has 2 rings (SSSR count). The van der Waals surface area contributed by atoms with E-state index in [0.29, 0.717) is 18.8 Å². The van der Waals surface area contributed by atoms with Gasteiger partial charge in [-0.15, -0.1) is 0 Å². The van der Waals surface area contributed by atoms with Gasteiger partial charge in [-0.25, -0.2) is 0 Å². The Morgan fingerprint density at radius 3 is 2.72 bits per heavy atom. The minimum Gasteiger partial charge on any atom is -0.454 e. The standard InChI is InChI=1S/C15H23NO2/c1-11(2)9-16-12(3)4-5-13-6-7-14-15(8-13)18-10-17-14/h6-8,11-12,16H,4-5,9-10H2,1-3H3. The predicted molar refractivity (Wildman–Crippen MR) is 73.2 cm³/mol. The van der Waals surface area contributed by atoms with Gasteiger partial charge in [-0.2, -0.15) is 0 Å². The highest BCUT2D eigenvalue weighted by Crippen LogP contribution is 2.32. The molecule has 0 fully saturated rings. The summed E-state index contributed by atoms with van der Waals surface area (Å²) < 4.78 is 10.7. The molecule has 1 aromatic carbocycles. The maximum absolute atomic E-state index is 5.39. The molecule has 0 aromatic heterocycles. The van der Waals surface area contributed by atoms with Crippen LogP contribution in [0.3, 0.4) is 0 Å². The fraction of sp³-hybridized carbons (Fsp3) is 0.600. The van der Waals surface area contributed by atoms with Gasteiger partial charge in [-0.05, 0) is 49.9 Å². The summed E-state index contributed by atoms with van der Waals surface area (Å²) in [5.74, 6) is 2.46. The zero-order valence-corrected chi connectivity index (χ0v) is 11.5. The Morgan fingerprint density at radius 1 is 1.17 bits per heavy atom. The van der Waals surface area contributed by atoms with E-state index >= 15 is 0 Å². The zero-order chi connectivity index (χ0) is 13.0. The van der Waals surface area contributed by atoms with E-state index < -0.39 is 0 Å². The number of nitrogens with one attached hydrogen (secondary N) is 1. The summed E-state index contributed by atoms with van der Waals surface area (Å²) in [4.78, 5) is 0. The first-order chi connectivity index (χ1) is 8.65. The lowest BCUT2D eigenvalue weighted by atomic mass is 10.1. The Hall–Kier alpha value is -1.22. The lowest BCUT2D eigenvalue weighted by molar-refractivity contribution is 0.174. The maximum Gasteiger partial charge on any atom is 0.231 e. The van der Waals surface area contributed by atoms with Gasteiger partial charge in [-0.3, -0.25) is 0 Å². The van der Waals surface area contributed by atoms with E-state index in [1.165, 1.54) is 5.56 Å². The van der Waals surface area contributed by atoms with Crippen LogP contribution in [0.2, 0.25) is 0 Å². The Morgan fingerprint density at radius 2 is 1.94 bits per heavy atom. The molecule has 1 aliphatic heterocycles. The monoisotopic (exact) mass is 249 g/mol. The lowest BCUT2D eigenvalue weighted by Gasteiger charge is -2.15. The second-order valence-electron chi connectivity index (χ2n) is 5.43. The van der Waals surface area contributed by atoms with Crippen LogP contribution in [-0.4, -0.2) is 19.4 Å². The molecule has 100 valence electrons. The first-order valence-corrected chi connectivity index (χ1v) is 6.77. The fourth-order valence-corrected chi connectivity index (χ4v) is 2.02. The molecule has 0 amide bonds. The van der Waals surface area contributed by atoms with Crippen molar-refractivity contribution in [2.45, 2.75) is 39.7 Å². The van der Waals surface area contributed by atoms with Gasteiger partial charge < -0.3 is 14.8 Å². The quantitative estimate of drug-likeness (QED) is 0.840.